The number of methoxy groups -OCH3 is 1. The van der Waals surface area contributed by atoms with Crippen molar-refractivity contribution in [2.75, 3.05) is 13.8 Å². The average Bonchev–Trinajstić information content (AvgIpc) is 2.17. The third kappa shape index (κ3) is 3.35. The molecule has 0 spiro atoms. The van der Waals surface area contributed by atoms with Crippen LogP contribution in [0.25, 0.3) is 0 Å². The molecule has 2 nitrogen and oxygen atoms in total. The Morgan fingerprint density at radius 1 is 1.31 bits per heavy atom. The Labute approximate surface area is 102 Å². The molecule has 0 unspecified atom stereocenters. The van der Waals surface area contributed by atoms with Crippen molar-refractivity contribution in [3.63, 3.8) is 0 Å². The van der Waals surface area contributed by atoms with Gasteiger partial charge < -0.3 is 10.5 Å². The minimum absolute atomic E-state index is 0. The lowest BCUT2D eigenvalue weighted by molar-refractivity contribution is 0.407. The molecule has 0 bridgehead atoms. The molecule has 0 heterocycles. The molecule has 92 valence electrons. The molecule has 0 fully saturated rings. The SMILES string of the molecule is COc1c(C)cc([C@H](N)CCF)cc1C.Cl. The van der Waals surface area contributed by atoms with Gasteiger partial charge in [-0.3, -0.25) is 4.39 Å². The van der Waals surface area contributed by atoms with Crippen molar-refractivity contribution in [1.82, 2.24) is 0 Å². The molecule has 0 aromatic heterocycles. The standard InChI is InChI=1S/C12H18FNO.ClH/c1-8-6-10(11(14)4-5-13)7-9(2)12(8)15-3;/h6-7,11H,4-5,14H2,1-3H3;1H/t11-;/m1./s1. The molecule has 1 aromatic rings. The van der Waals surface area contributed by atoms with Crippen LogP contribution in [0.2, 0.25) is 0 Å². The van der Waals surface area contributed by atoms with Crippen molar-refractivity contribution in [2.24, 2.45) is 5.73 Å². The van der Waals surface area contributed by atoms with Crippen LogP contribution in [0.5, 0.6) is 5.75 Å². The summed E-state index contributed by atoms with van der Waals surface area (Å²) in [7, 11) is 1.65. The van der Waals surface area contributed by atoms with Crippen LogP contribution in [0.3, 0.4) is 0 Å². The summed E-state index contributed by atoms with van der Waals surface area (Å²) >= 11 is 0. The van der Waals surface area contributed by atoms with Gasteiger partial charge in [0.05, 0.1) is 13.8 Å². The van der Waals surface area contributed by atoms with Gasteiger partial charge in [0.2, 0.25) is 0 Å². The van der Waals surface area contributed by atoms with Crippen LogP contribution in [-0.2, 0) is 0 Å². The van der Waals surface area contributed by atoms with Gasteiger partial charge in [-0.05, 0) is 37.0 Å². The van der Waals surface area contributed by atoms with Crippen LogP contribution >= 0.6 is 12.4 Å². The van der Waals surface area contributed by atoms with Gasteiger partial charge in [-0.1, -0.05) is 12.1 Å². The predicted molar refractivity (Wildman–Crippen MR) is 67.2 cm³/mol. The van der Waals surface area contributed by atoms with Gasteiger partial charge in [0.25, 0.3) is 0 Å². The van der Waals surface area contributed by atoms with Crippen LogP contribution in [-0.4, -0.2) is 13.8 Å². The molecule has 0 aliphatic rings. The topological polar surface area (TPSA) is 35.2 Å². The molecular weight excluding hydrogens is 229 g/mol. The first kappa shape index (κ1) is 15.2. The van der Waals surface area contributed by atoms with E-state index in [2.05, 4.69) is 0 Å². The number of hydrogen-bond acceptors (Lipinski definition) is 2. The van der Waals surface area contributed by atoms with E-state index < -0.39 is 0 Å². The molecule has 0 amide bonds. The summed E-state index contributed by atoms with van der Waals surface area (Å²) in [5.74, 6) is 0.881. The molecule has 0 aliphatic carbocycles. The molecule has 2 N–H and O–H groups in total. The Balaban J connectivity index is 0.00000225. The van der Waals surface area contributed by atoms with E-state index in [1.807, 2.05) is 26.0 Å². The number of benzene rings is 1. The fraction of sp³-hybridized carbons (Fsp3) is 0.500. The van der Waals surface area contributed by atoms with E-state index in [4.69, 9.17) is 10.5 Å². The Hall–Kier alpha value is -0.800. The number of alkyl halides is 1. The monoisotopic (exact) mass is 247 g/mol. The van der Waals surface area contributed by atoms with Crippen molar-refractivity contribution in [3.8, 4) is 5.75 Å². The van der Waals surface area contributed by atoms with Gasteiger partial charge in [-0.25, -0.2) is 0 Å². The number of halogens is 2. The maximum atomic E-state index is 12.2. The van der Waals surface area contributed by atoms with Gasteiger partial charge in [0, 0.05) is 6.04 Å². The fourth-order valence-corrected chi connectivity index (χ4v) is 1.80. The number of hydrogen-bond donors (Lipinski definition) is 1. The summed E-state index contributed by atoms with van der Waals surface area (Å²) in [6.07, 6.45) is 0.366. The van der Waals surface area contributed by atoms with Crippen molar-refractivity contribution in [2.45, 2.75) is 26.3 Å². The van der Waals surface area contributed by atoms with E-state index >= 15 is 0 Å². The van der Waals surface area contributed by atoms with E-state index in [-0.39, 0.29) is 25.1 Å². The highest BCUT2D eigenvalue weighted by Gasteiger charge is 2.10. The summed E-state index contributed by atoms with van der Waals surface area (Å²) in [5.41, 5.74) is 8.92. The highest BCUT2D eigenvalue weighted by molar-refractivity contribution is 5.85. The maximum absolute atomic E-state index is 12.2. The minimum Gasteiger partial charge on any atom is -0.496 e. The largest absolute Gasteiger partial charge is 0.496 e. The molecule has 0 saturated carbocycles. The van der Waals surface area contributed by atoms with E-state index in [1.54, 1.807) is 7.11 Å². The molecule has 1 aromatic carbocycles. The van der Waals surface area contributed by atoms with Gasteiger partial charge in [-0.2, -0.15) is 0 Å². The molecular formula is C12H19ClFNO. The average molecular weight is 248 g/mol. The van der Waals surface area contributed by atoms with Crippen molar-refractivity contribution >= 4 is 12.4 Å². The van der Waals surface area contributed by atoms with Crippen molar-refractivity contribution < 1.29 is 9.13 Å². The van der Waals surface area contributed by atoms with E-state index in [0.29, 0.717) is 6.42 Å². The molecule has 0 saturated heterocycles. The van der Waals surface area contributed by atoms with Crippen LogP contribution in [0, 0.1) is 13.8 Å². The second-order valence-electron chi connectivity index (χ2n) is 3.77. The lowest BCUT2D eigenvalue weighted by atomic mass is 9.99. The van der Waals surface area contributed by atoms with Crippen LogP contribution in [0.1, 0.15) is 29.2 Å². The predicted octanol–water partition coefficient (Wildman–Crippen LogP) is 3.09. The van der Waals surface area contributed by atoms with Gasteiger partial charge >= 0.3 is 0 Å². The Kier molecular flexibility index (Phi) is 6.38. The van der Waals surface area contributed by atoms with E-state index in [9.17, 15) is 4.39 Å². The second-order valence-corrected chi connectivity index (χ2v) is 3.77. The molecule has 0 radical (unpaired) electrons. The van der Waals surface area contributed by atoms with Gasteiger partial charge in [0.15, 0.2) is 0 Å². The zero-order chi connectivity index (χ0) is 11.4. The zero-order valence-corrected chi connectivity index (χ0v) is 10.7. The Morgan fingerprint density at radius 2 is 1.81 bits per heavy atom. The smallest absolute Gasteiger partial charge is 0.124 e. The first-order valence-corrected chi connectivity index (χ1v) is 5.06. The van der Waals surface area contributed by atoms with Gasteiger partial charge in [0.1, 0.15) is 5.75 Å². The molecule has 16 heavy (non-hydrogen) atoms. The first-order chi connectivity index (χ1) is 7.10. The fourth-order valence-electron chi connectivity index (χ4n) is 1.80. The summed E-state index contributed by atoms with van der Waals surface area (Å²) in [6.45, 7) is 3.56. The quantitative estimate of drug-likeness (QED) is 0.888. The highest BCUT2D eigenvalue weighted by atomic mass is 35.5. The maximum Gasteiger partial charge on any atom is 0.124 e. The van der Waals surface area contributed by atoms with Gasteiger partial charge in [-0.15, -0.1) is 12.4 Å². The number of ether oxygens (including phenoxy) is 1. The molecule has 0 aliphatic heterocycles. The van der Waals surface area contributed by atoms with Crippen LogP contribution in [0.15, 0.2) is 12.1 Å². The lowest BCUT2D eigenvalue weighted by Gasteiger charge is -2.15. The van der Waals surface area contributed by atoms with Crippen molar-refractivity contribution in [3.05, 3.63) is 28.8 Å². The summed E-state index contributed by atoms with van der Waals surface area (Å²) < 4.78 is 17.4. The lowest BCUT2D eigenvalue weighted by Crippen LogP contribution is -2.11. The summed E-state index contributed by atoms with van der Waals surface area (Å²) in [4.78, 5) is 0. The minimum atomic E-state index is -0.384. The second kappa shape index (κ2) is 6.71. The summed E-state index contributed by atoms with van der Waals surface area (Å²) in [5, 5.41) is 0. The van der Waals surface area contributed by atoms with E-state index in [1.165, 1.54) is 0 Å². The summed E-state index contributed by atoms with van der Waals surface area (Å²) in [6, 6.07) is 3.71. The number of nitrogens with two attached hydrogens (primary N) is 1. The van der Waals surface area contributed by atoms with Crippen LogP contribution in [0.4, 0.5) is 4.39 Å². The van der Waals surface area contributed by atoms with Crippen molar-refractivity contribution in [1.29, 1.82) is 0 Å². The Morgan fingerprint density at radius 3 is 2.19 bits per heavy atom. The highest BCUT2D eigenvalue weighted by Crippen LogP contribution is 2.27. The van der Waals surface area contributed by atoms with E-state index in [0.717, 1.165) is 22.4 Å². The molecule has 4 heteroatoms. The normalized spacial score (nSPS) is 11.8. The van der Waals surface area contributed by atoms with Crippen LogP contribution < -0.4 is 10.5 Å². The number of aryl methyl sites for hydroxylation is 2. The zero-order valence-electron chi connectivity index (χ0n) is 9.92. The third-order valence-electron chi connectivity index (χ3n) is 2.54. The molecule has 1 atom stereocenters. The number of rotatable bonds is 4. The Bertz CT molecular complexity index is 321. The third-order valence-corrected chi connectivity index (χ3v) is 2.54. The first-order valence-electron chi connectivity index (χ1n) is 5.06. The molecule has 1 rings (SSSR count).